The van der Waals surface area contributed by atoms with E-state index in [1.807, 2.05) is 18.2 Å². The summed E-state index contributed by atoms with van der Waals surface area (Å²) in [6, 6.07) is 8.98. The molecule has 1 saturated heterocycles. The summed E-state index contributed by atoms with van der Waals surface area (Å²) in [5.74, 6) is -0.194. The monoisotopic (exact) mass is 267 g/mol. The Morgan fingerprint density at radius 2 is 1.84 bits per heavy atom. The van der Waals surface area contributed by atoms with E-state index in [1.54, 1.807) is 26.0 Å². The maximum absolute atomic E-state index is 11.3. The molecule has 0 radical (unpaired) electrons. The van der Waals surface area contributed by atoms with Crippen molar-refractivity contribution in [3.8, 4) is 5.75 Å². The average molecular weight is 267 g/mol. The molecule has 0 aliphatic carbocycles. The lowest BCUT2D eigenvalue weighted by atomic mass is 10.0. The van der Waals surface area contributed by atoms with Crippen LogP contribution in [-0.4, -0.2) is 36.1 Å². The fourth-order valence-corrected chi connectivity index (χ4v) is 1.68. The molecule has 2 rings (SSSR count). The van der Waals surface area contributed by atoms with Crippen LogP contribution in [0.2, 0.25) is 0 Å². The molecule has 0 saturated carbocycles. The van der Waals surface area contributed by atoms with Crippen molar-refractivity contribution in [1.82, 2.24) is 0 Å². The molecule has 0 N–H and O–H groups in total. The van der Waals surface area contributed by atoms with Crippen LogP contribution in [0, 0.1) is 10.1 Å². The van der Waals surface area contributed by atoms with E-state index < -0.39 is 11.3 Å². The molecule has 1 aromatic rings. The predicted molar refractivity (Wildman–Crippen MR) is 67.6 cm³/mol. The first-order valence-electron chi connectivity index (χ1n) is 6.04. The second-order valence-electron chi connectivity index (χ2n) is 5.06. The summed E-state index contributed by atoms with van der Waals surface area (Å²) in [5.41, 5.74) is -1.36. The van der Waals surface area contributed by atoms with Gasteiger partial charge in [-0.2, -0.15) is 0 Å². The summed E-state index contributed by atoms with van der Waals surface area (Å²) in [6.45, 7) is 3.32. The largest absolute Gasteiger partial charge is 0.486 e. The predicted octanol–water partition coefficient (Wildman–Crippen LogP) is 1.86. The summed E-state index contributed by atoms with van der Waals surface area (Å²) in [4.78, 5) is 10.9. The molecule has 0 spiro atoms. The highest BCUT2D eigenvalue weighted by molar-refractivity contribution is 5.21. The highest BCUT2D eigenvalue weighted by atomic mass is 16.7. The number of nitro groups is 1. The Labute approximate surface area is 111 Å². The second kappa shape index (κ2) is 5.14. The number of hydrogen-bond donors (Lipinski definition) is 0. The molecule has 1 aromatic carbocycles. The zero-order valence-corrected chi connectivity index (χ0v) is 11.0. The fourth-order valence-electron chi connectivity index (χ4n) is 1.68. The van der Waals surface area contributed by atoms with Crippen molar-refractivity contribution in [2.45, 2.75) is 25.2 Å². The maximum Gasteiger partial charge on any atom is 0.301 e. The lowest BCUT2D eigenvalue weighted by molar-refractivity contribution is -0.597. The number of nitrogens with zero attached hydrogens (tertiary/aromatic N) is 1. The second-order valence-corrected chi connectivity index (χ2v) is 5.06. The molecule has 0 aromatic heterocycles. The molecule has 1 fully saturated rings. The van der Waals surface area contributed by atoms with E-state index in [0.29, 0.717) is 5.75 Å². The van der Waals surface area contributed by atoms with E-state index >= 15 is 0 Å². The molecule has 19 heavy (non-hydrogen) atoms. The molecule has 1 aliphatic rings. The summed E-state index contributed by atoms with van der Waals surface area (Å²) in [6.07, 6.45) is 0. The third-order valence-corrected chi connectivity index (χ3v) is 3.01. The maximum atomic E-state index is 11.3. The van der Waals surface area contributed by atoms with Gasteiger partial charge in [-0.25, -0.2) is 0 Å². The first-order valence-corrected chi connectivity index (χ1v) is 6.04. The van der Waals surface area contributed by atoms with E-state index in [0.717, 1.165) is 0 Å². The molecule has 6 nitrogen and oxygen atoms in total. The van der Waals surface area contributed by atoms with Gasteiger partial charge in [-0.05, 0) is 26.0 Å². The van der Waals surface area contributed by atoms with Crippen LogP contribution in [0.3, 0.4) is 0 Å². The number of para-hydroxylation sites is 1. The van der Waals surface area contributed by atoms with Gasteiger partial charge in [-0.3, -0.25) is 10.1 Å². The normalized spacial score (nSPS) is 20.7. The molecule has 6 heteroatoms. The lowest BCUT2D eigenvalue weighted by Crippen LogP contribution is -2.59. The molecule has 0 amide bonds. The molecular formula is C13H17NO5. The molecule has 1 heterocycles. The van der Waals surface area contributed by atoms with Gasteiger partial charge < -0.3 is 14.2 Å². The van der Waals surface area contributed by atoms with Crippen LogP contribution in [0.4, 0.5) is 0 Å². The van der Waals surface area contributed by atoms with Gasteiger partial charge in [0.05, 0.1) is 0 Å². The van der Waals surface area contributed by atoms with Crippen molar-refractivity contribution in [1.29, 1.82) is 0 Å². The van der Waals surface area contributed by atoms with E-state index in [4.69, 9.17) is 14.2 Å². The Hall–Kier alpha value is -1.66. The average Bonchev–Trinajstić information content (AvgIpc) is 2.39. The Bertz CT molecular complexity index is 436. The van der Waals surface area contributed by atoms with Crippen molar-refractivity contribution in [3.05, 3.63) is 40.4 Å². The van der Waals surface area contributed by atoms with Gasteiger partial charge in [-0.15, -0.1) is 0 Å². The highest BCUT2D eigenvalue weighted by Gasteiger charge is 2.51. The van der Waals surface area contributed by atoms with E-state index in [2.05, 4.69) is 0 Å². The first kappa shape index (κ1) is 13.8. The van der Waals surface area contributed by atoms with Gasteiger partial charge in [-0.1, -0.05) is 18.2 Å². The SMILES string of the molecule is CC1(C)OCC(COc2ccccc2)([N+](=O)[O-])CO1. The molecule has 0 atom stereocenters. The van der Waals surface area contributed by atoms with Crippen molar-refractivity contribution in [3.63, 3.8) is 0 Å². The molecule has 0 unspecified atom stereocenters. The van der Waals surface area contributed by atoms with Gasteiger partial charge in [0, 0.05) is 4.92 Å². The highest BCUT2D eigenvalue weighted by Crippen LogP contribution is 2.26. The smallest absolute Gasteiger partial charge is 0.301 e. The quantitative estimate of drug-likeness (QED) is 0.615. The first-order chi connectivity index (χ1) is 8.94. The van der Waals surface area contributed by atoms with Crippen LogP contribution in [0.1, 0.15) is 13.8 Å². The van der Waals surface area contributed by atoms with Crippen molar-refractivity contribution < 1.29 is 19.1 Å². The van der Waals surface area contributed by atoms with Gasteiger partial charge >= 0.3 is 5.54 Å². The third-order valence-electron chi connectivity index (χ3n) is 3.01. The Kier molecular flexibility index (Phi) is 3.73. The number of benzene rings is 1. The third kappa shape index (κ3) is 3.21. The molecule has 104 valence electrons. The van der Waals surface area contributed by atoms with Gasteiger partial charge in [0.15, 0.2) is 12.4 Å². The number of hydrogen-bond acceptors (Lipinski definition) is 5. The van der Waals surface area contributed by atoms with Crippen LogP contribution >= 0.6 is 0 Å². The number of ether oxygens (including phenoxy) is 3. The minimum absolute atomic E-state index is 0.0279. The molecule has 0 bridgehead atoms. The minimum Gasteiger partial charge on any atom is -0.486 e. The van der Waals surface area contributed by atoms with Crippen LogP contribution in [0.5, 0.6) is 5.75 Å². The van der Waals surface area contributed by atoms with Crippen LogP contribution in [0.15, 0.2) is 30.3 Å². The summed E-state index contributed by atoms with van der Waals surface area (Å²) in [7, 11) is 0. The van der Waals surface area contributed by atoms with E-state index in [9.17, 15) is 10.1 Å². The van der Waals surface area contributed by atoms with Crippen LogP contribution < -0.4 is 4.74 Å². The zero-order valence-electron chi connectivity index (χ0n) is 11.0. The molecular weight excluding hydrogens is 250 g/mol. The molecule has 1 aliphatic heterocycles. The van der Waals surface area contributed by atoms with Crippen molar-refractivity contribution in [2.24, 2.45) is 0 Å². The van der Waals surface area contributed by atoms with E-state index in [1.165, 1.54) is 0 Å². The number of rotatable bonds is 4. The summed E-state index contributed by atoms with van der Waals surface area (Å²) >= 11 is 0. The van der Waals surface area contributed by atoms with Gasteiger partial charge in [0.25, 0.3) is 0 Å². The fraction of sp³-hybridized carbons (Fsp3) is 0.538. The Balaban J connectivity index is 2.03. The van der Waals surface area contributed by atoms with Gasteiger partial charge in [0.2, 0.25) is 0 Å². The Morgan fingerprint density at radius 3 is 2.37 bits per heavy atom. The standard InChI is InChI=1S/C13H17NO5/c1-12(2)18-9-13(10-19-12,14(15)16)8-17-11-6-4-3-5-7-11/h3-7H,8-10H2,1-2H3. The summed E-state index contributed by atoms with van der Waals surface area (Å²) < 4.78 is 16.3. The zero-order chi connectivity index (χ0) is 13.9. The minimum atomic E-state index is -1.36. The van der Waals surface area contributed by atoms with Crippen LogP contribution in [-0.2, 0) is 9.47 Å². The van der Waals surface area contributed by atoms with Crippen molar-refractivity contribution in [2.75, 3.05) is 19.8 Å². The van der Waals surface area contributed by atoms with Gasteiger partial charge in [0.1, 0.15) is 19.0 Å². The summed E-state index contributed by atoms with van der Waals surface area (Å²) in [5, 5.41) is 11.3. The Morgan fingerprint density at radius 1 is 1.26 bits per heavy atom. The topological polar surface area (TPSA) is 70.8 Å². The van der Waals surface area contributed by atoms with Crippen molar-refractivity contribution >= 4 is 0 Å². The lowest BCUT2D eigenvalue weighted by Gasteiger charge is -2.37. The van der Waals surface area contributed by atoms with E-state index in [-0.39, 0.29) is 24.7 Å². The van der Waals surface area contributed by atoms with Crippen LogP contribution in [0.25, 0.3) is 0 Å².